The van der Waals surface area contributed by atoms with Gasteiger partial charge in [0.1, 0.15) is 0 Å². The first kappa shape index (κ1) is 18.6. The van der Waals surface area contributed by atoms with E-state index in [-0.39, 0.29) is 11.6 Å². The Morgan fingerprint density at radius 3 is 2.71 bits per heavy atom. The highest BCUT2D eigenvalue weighted by atomic mass is 16.2. The van der Waals surface area contributed by atoms with E-state index < -0.39 is 0 Å². The number of nitrogens with one attached hydrogen (secondary N) is 1. The molecule has 1 atom stereocenters. The van der Waals surface area contributed by atoms with Crippen molar-refractivity contribution in [2.45, 2.75) is 53.0 Å². The third kappa shape index (κ3) is 4.66. The SMILES string of the molecule is Cc1nc(=O)[nH]c(C)c1CCC(=O)N(C)C[C@@H]1CCN(C(C)C)C1. The largest absolute Gasteiger partial charge is 0.345 e. The zero-order valence-electron chi connectivity index (χ0n) is 15.6. The molecule has 6 heteroatoms. The molecular formula is C18H30N4O2. The molecular weight excluding hydrogens is 304 g/mol. The molecule has 1 aliphatic heterocycles. The van der Waals surface area contributed by atoms with Crippen LogP contribution >= 0.6 is 0 Å². The van der Waals surface area contributed by atoms with Gasteiger partial charge in [-0.1, -0.05) is 0 Å². The van der Waals surface area contributed by atoms with Crippen LogP contribution in [0.25, 0.3) is 0 Å². The maximum Gasteiger partial charge on any atom is 0.345 e. The molecule has 1 aromatic heterocycles. The Labute approximate surface area is 144 Å². The third-order valence-electron chi connectivity index (χ3n) is 5.05. The normalized spacial score (nSPS) is 18.3. The van der Waals surface area contributed by atoms with Crippen LogP contribution in [0, 0.1) is 19.8 Å². The van der Waals surface area contributed by atoms with Gasteiger partial charge in [0.25, 0.3) is 0 Å². The Bertz CT molecular complexity index is 612. The number of aromatic nitrogens is 2. The van der Waals surface area contributed by atoms with Gasteiger partial charge in [-0.05, 0) is 58.6 Å². The van der Waals surface area contributed by atoms with Gasteiger partial charge in [0, 0.05) is 44.0 Å². The number of hydrogen-bond donors (Lipinski definition) is 1. The number of carbonyl (C=O) groups is 1. The minimum absolute atomic E-state index is 0.156. The number of likely N-dealkylation sites (tertiary alicyclic amines) is 1. The second-order valence-corrected chi connectivity index (χ2v) is 7.25. The maximum absolute atomic E-state index is 12.4. The molecule has 1 aromatic rings. The number of aromatic amines is 1. The summed E-state index contributed by atoms with van der Waals surface area (Å²) in [4.78, 5) is 34.7. The van der Waals surface area contributed by atoms with Crippen molar-refractivity contribution in [1.82, 2.24) is 19.8 Å². The zero-order valence-corrected chi connectivity index (χ0v) is 15.6. The molecule has 0 aliphatic carbocycles. The fourth-order valence-electron chi connectivity index (χ4n) is 3.52. The number of amides is 1. The highest BCUT2D eigenvalue weighted by Crippen LogP contribution is 2.19. The molecule has 0 aromatic carbocycles. The lowest BCUT2D eigenvalue weighted by atomic mass is 10.1. The van der Waals surface area contributed by atoms with E-state index in [1.165, 1.54) is 0 Å². The summed E-state index contributed by atoms with van der Waals surface area (Å²) < 4.78 is 0. The van der Waals surface area contributed by atoms with Gasteiger partial charge < -0.3 is 14.8 Å². The van der Waals surface area contributed by atoms with Gasteiger partial charge in [0.15, 0.2) is 0 Å². The number of H-pyrrole nitrogens is 1. The number of nitrogens with zero attached hydrogens (tertiary/aromatic N) is 3. The standard InChI is InChI=1S/C18H30N4O2/c1-12(2)22-9-8-15(11-22)10-21(5)17(23)7-6-16-13(3)19-18(24)20-14(16)4/h12,15H,6-11H2,1-5H3,(H,19,20,24)/t15-/m0/s1. The summed E-state index contributed by atoms with van der Waals surface area (Å²) in [5.41, 5.74) is 2.18. The Kier molecular flexibility index (Phi) is 6.15. The molecule has 6 nitrogen and oxygen atoms in total. The molecule has 1 aliphatic rings. The van der Waals surface area contributed by atoms with Crippen molar-refractivity contribution in [2.24, 2.45) is 5.92 Å². The molecule has 0 saturated carbocycles. The van der Waals surface area contributed by atoms with Crippen LogP contribution < -0.4 is 5.69 Å². The van der Waals surface area contributed by atoms with E-state index in [9.17, 15) is 9.59 Å². The lowest BCUT2D eigenvalue weighted by Crippen LogP contribution is -2.34. The van der Waals surface area contributed by atoms with Crippen molar-refractivity contribution in [3.8, 4) is 0 Å². The summed E-state index contributed by atoms with van der Waals surface area (Å²) in [7, 11) is 1.89. The van der Waals surface area contributed by atoms with Crippen molar-refractivity contribution < 1.29 is 4.79 Å². The topological polar surface area (TPSA) is 69.3 Å². The van der Waals surface area contributed by atoms with Crippen LogP contribution in [0.1, 0.15) is 43.6 Å². The van der Waals surface area contributed by atoms with Gasteiger partial charge in [0.2, 0.25) is 5.91 Å². The molecule has 0 radical (unpaired) electrons. The van der Waals surface area contributed by atoms with Gasteiger partial charge in [-0.3, -0.25) is 4.79 Å². The fraction of sp³-hybridized carbons (Fsp3) is 0.722. The van der Waals surface area contributed by atoms with E-state index in [4.69, 9.17) is 0 Å². The molecule has 134 valence electrons. The van der Waals surface area contributed by atoms with Gasteiger partial charge in [0.05, 0.1) is 0 Å². The highest BCUT2D eigenvalue weighted by Gasteiger charge is 2.26. The Hall–Kier alpha value is -1.69. The van der Waals surface area contributed by atoms with Crippen LogP contribution in [0.15, 0.2) is 4.79 Å². The molecule has 2 heterocycles. The van der Waals surface area contributed by atoms with Gasteiger partial charge in [-0.25, -0.2) is 4.79 Å². The first-order chi connectivity index (χ1) is 11.3. The first-order valence-corrected chi connectivity index (χ1v) is 8.82. The molecule has 0 unspecified atom stereocenters. The summed E-state index contributed by atoms with van der Waals surface area (Å²) in [5.74, 6) is 0.725. The summed E-state index contributed by atoms with van der Waals surface area (Å²) in [5, 5.41) is 0. The van der Waals surface area contributed by atoms with E-state index in [1.807, 2.05) is 25.8 Å². The fourth-order valence-corrected chi connectivity index (χ4v) is 3.52. The Balaban J connectivity index is 1.86. The lowest BCUT2D eigenvalue weighted by Gasteiger charge is -2.23. The van der Waals surface area contributed by atoms with E-state index >= 15 is 0 Å². The lowest BCUT2D eigenvalue weighted by molar-refractivity contribution is -0.130. The molecule has 0 spiro atoms. The molecule has 24 heavy (non-hydrogen) atoms. The van der Waals surface area contributed by atoms with Crippen LogP contribution in [0.5, 0.6) is 0 Å². The smallest absolute Gasteiger partial charge is 0.345 e. The third-order valence-corrected chi connectivity index (χ3v) is 5.05. The number of rotatable bonds is 6. The van der Waals surface area contributed by atoms with E-state index in [2.05, 4.69) is 28.7 Å². The van der Waals surface area contributed by atoms with Crippen molar-refractivity contribution in [2.75, 3.05) is 26.7 Å². The van der Waals surface area contributed by atoms with Crippen molar-refractivity contribution in [3.05, 3.63) is 27.4 Å². The van der Waals surface area contributed by atoms with Crippen molar-refractivity contribution >= 4 is 5.91 Å². The molecule has 2 rings (SSSR count). The second kappa shape index (κ2) is 7.92. The average molecular weight is 334 g/mol. The summed E-state index contributed by atoms with van der Waals surface area (Å²) >= 11 is 0. The summed E-state index contributed by atoms with van der Waals surface area (Å²) in [6.45, 7) is 11.2. The number of aryl methyl sites for hydroxylation is 2. The molecule has 1 N–H and O–H groups in total. The summed E-state index contributed by atoms with van der Waals surface area (Å²) in [6.07, 6.45) is 2.23. The predicted octanol–water partition coefficient (Wildman–Crippen LogP) is 1.51. The quantitative estimate of drug-likeness (QED) is 0.856. The van der Waals surface area contributed by atoms with E-state index in [1.54, 1.807) is 0 Å². The van der Waals surface area contributed by atoms with Crippen LogP contribution in [0.2, 0.25) is 0 Å². The van der Waals surface area contributed by atoms with E-state index in [0.717, 1.165) is 43.0 Å². The van der Waals surface area contributed by atoms with E-state index in [0.29, 0.717) is 24.8 Å². The zero-order chi connectivity index (χ0) is 17.9. The number of carbonyl (C=O) groups excluding carboxylic acids is 1. The summed E-state index contributed by atoms with van der Waals surface area (Å²) in [6, 6.07) is 0.578. The van der Waals surface area contributed by atoms with Crippen LogP contribution in [-0.4, -0.2) is 58.4 Å². The van der Waals surface area contributed by atoms with Gasteiger partial charge >= 0.3 is 5.69 Å². The van der Waals surface area contributed by atoms with Crippen molar-refractivity contribution in [1.29, 1.82) is 0 Å². The Morgan fingerprint density at radius 2 is 2.12 bits per heavy atom. The van der Waals surface area contributed by atoms with Crippen LogP contribution in [-0.2, 0) is 11.2 Å². The molecule has 1 saturated heterocycles. The van der Waals surface area contributed by atoms with Crippen LogP contribution in [0.3, 0.4) is 0 Å². The predicted molar refractivity (Wildman–Crippen MR) is 95.1 cm³/mol. The first-order valence-electron chi connectivity index (χ1n) is 8.82. The van der Waals surface area contributed by atoms with Crippen LogP contribution in [0.4, 0.5) is 0 Å². The second-order valence-electron chi connectivity index (χ2n) is 7.25. The van der Waals surface area contributed by atoms with Gasteiger partial charge in [-0.15, -0.1) is 0 Å². The number of hydrogen-bond acceptors (Lipinski definition) is 4. The Morgan fingerprint density at radius 1 is 1.42 bits per heavy atom. The maximum atomic E-state index is 12.4. The molecule has 1 amide bonds. The molecule has 0 bridgehead atoms. The highest BCUT2D eigenvalue weighted by molar-refractivity contribution is 5.76. The van der Waals surface area contributed by atoms with Crippen molar-refractivity contribution in [3.63, 3.8) is 0 Å². The monoisotopic (exact) mass is 334 g/mol. The minimum Gasteiger partial charge on any atom is -0.345 e. The molecule has 1 fully saturated rings. The average Bonchev–Trinajstić information content (AvgIpc) is 2.94. The van der Waals surface area contributed by atoms with Gasteiger partial charge in [-0.2, -0.15) is 4.98 Å². The minimum atomic E-state index is -0.326.